The van der Waals surface area contributed by atoms with Crippen molar-refractivity contribution in [1.82, 2.24) is 20.5 Å². The number of carbonyl (C=O) groups is 1. The van der Waals surface area contributed by atoms with E-state index in [4.69, 9.17) is 0 Å². The number of hydrogen-bond donors (Lipinski definition) is 2. The molecule has 1 atom stereocenters. The van der Waals surface area contributed by atoms with Gasteiger partial charge in [0.25, 0.3) is 0 Å². The number of nitrogens with one attached hydrogen (secondary N) is 2. The van der Waals surface area contributed by atoms with Crippen LogP contribution in [0.3, 0.4) is 0 Å². The molecule has 6 heteroatoms. The van der Waals surface area contributed by atoms with Gasteiger partial charge in [-0.25, -0.2) is 4.98 Å². The summed E-state index contributed by atoms with van der Waals surface area (Å²) in [6.07, 6.45) is 3.90. The Bertz CT molecular complexity index is 365. The second-order valence-corrected chi connectivity index (χ2v) is 4.98. The minimum Gasteiger partial charge on any atom is -0.355 e. The van der Waals surface area contributed by atoms with Crippen molar-refractivity contribution in [1.29, 1.82) is 0 Å². The molecule has 2 N–H and O–H groups in total. The lowest BCUT2D eigenvalue weighted by Gasteiger charge is -2.09. The van der Waals surface area contributed by atoms with Gasteiger partial charge in [0.05, 0.1) is 5.25 Å². The SMILES string of the molecule is CCc1nc(SC2CCCCNC2=O)n[nH]1. The van der Waals surface area contributed by atoms with E-state index in [0.29, 0.717) is 5.16 Å². The highest BCUT2D eigenvalue weighted by molar-refractivity contribution is 8.00. The average Bonchev–Trinajstić information content (AvgIpc) is 2.65. The molecule has 0 spiro atoms. The van der Waals surface area contributed by atoms with Crippen LogP contribution in [0.4, 0.5) is 0 Å². The van der Waals surface area contributed by atoms with E-state index in [1.165, 1.54) is 11.8 Å². The first-order chi connectivity index (χ1) is 7.79. The Kier molecular flexibility index (Phi) is 3.82. The van der Waals surface area contributed by atoms with E-state index < -0.39 is 0 Å². The van der Waals surface area contributed by atoms with Crippen LogP contribution in [0.15, 0.2) is 5.16 Å². The Morgan fingerprint density at radius 2 is 2.38 bits per heavy atom. The predicted molar refractivity (Wildman–Crippen MR) is 62.3 cm³/mol. The third kappa shape index (κ3) is 2.75. The van der Waals surface area contributed by atoms with Gasteiger partial charge in [0, 0.05) is 13.0 Å². The van der Waals surface area contributed by atoms with E-state index in [1.807, 2.05) is 6.92 Å². The van der Waals surface area contributed by atoms with Crippen molar-refractivity contribution >= 4 is 17.7 Å². The van der Waals surface area contributed by atoms with Gasteiger partial charge in [0.2, 0.25) is 11.1 Å². The summed E-state index contributed by atoms with van der Waals surface area (Å²) in [7, 11) is 0. The number of H-pyrrole nitrogens is 1. The summed E-state index contributed by atoms with van der Waals surface area (Å²) in [6, 6.07) is 0. The van der Waals surface area contributed by atoms with Gasteiger partial charge in [-0.05, 0) is 12.8 Å². The first-order valence-corrected chi connectivity index (χ1v) is 6.53. The summed E-state index contributed by atoms with van der Waals surface area (Å²) >= 11 is 1.46. The number of rotatable bonds is 3. The van der Waals surface area contributed by atoms with E-state index in [0.717, 1.165) is 38.1 Å². The van der Waals surface area contributed by atoms with Crippen molar-refractivity contribution in [2.24, 2.45) is 0 Å². The number of amides is 1. The summed E-state index contributed by atoms with van der Waals surface area (Å²) in [5.41, 5.74) is 0. The molecule has 0 radical (unpaired) electrons. The van der Waals surface area contributed by atoms with Gasteiger partial charge in [0.1, 0.15) is 5.82 Å². The first kappa shape index (κ1) is 11.4. The number of carbonyl (C=O) groups excluding carboxylic acids is 1. The van der Waals surface area contributed by atoms with Crippen molar-refractivity contribution in [3.05, 3.63) is 5.82 Å². The number of thioether (sulfide) groups is 1. The van der Waals surface area contributed by atoms with Crippen molar-refractivity contribution in [3.63, 3.8) is 0 Å². The van der Waals surface area contributed by atoms with Gasteiger partial charge in [-0.2, -0.15) is 0 Å². The normalized spacial score (nSPS) is 21.6. The monoisotopic (exact) mass is 240 g/mol. The summed E-state index contributed by atoms with van der Waals surface area (Å²) < 4.78 is 0. The second-order valence-electron chi connectivity index (χ2n) is 3.81. The number of aromatic amines is 1. The van der Waals surface area contributed by atoms with Crippen LogP contribution in [0, 0.1) is 0 Å². The third-order valence-corrected chi connectivity index (χ3v) is 3.71. The Morgan fingerprint density at radius 3 is 3.12 bits per heavy atom. The molecule has 1 amide bonds. The minimum absolute atomic E-state index is 0.0389. The summed E-state index contributed by atoms with van der Waals surface area (Å²) in [4.78, 5) is 16.0. The lowest BCUT2D eigenvalue weighted by atomic mass is 10.2. The van der Waals surface area contributed by atoms with Crippen LogP contribution in [0.2, 0.25) is 0 Å². The Balaban J connectivity index is 1.99. The van der Waals surface area contributed by atoms with Crippen molar-refractivity contribution < 1.29 is 4.79 Å². The predicted octanol–water partition coefficient (Wildman–Crippen LogP) is 1.13. The zero-order chi connectivity index (χ0) is 11.4. The topological polar surface area (TPSA) is 70.7 Å². The molecule has 2 rings (SSSR count). The van der Waals surface area contributed by atoms with Crippen LogP contribution in [-0.4, -0.2) is 32.9 Å². The lowest BCUT2D eigenvalue weighted by molar-refractivity contribution is -0.120. The number of aromatic nitrogens is 3. The van der Waals surface area contributed by atoms with Crippen LogP contribution in [-0.2, 0) is 11.2 Å². The summed E-state index contributed by atoms with van der Waals surface area (Å²) in [6.45, 7) is 2.82. The van der Waals surface area contributed by atoms with Gasteiger partial charge >= 0.3 is 0 Å². The molecule has 5 nitrogen and oxygen atoms in total. The minimum atomic E-state index is -0.0389. The van der Waals surface area contributed by atoms with Crippen molar-refractivity contribution in [3.8, 4) is 0 Å². The molecule has 1 aromatic rings. The van der Waals surface area contributed by atoms with Gasteiger partial charge in [-0.15, -0.1) is 5.10 Å². The first-order valence-electron chi connectivity index (χ1n) is 5.65. The maximum absolute atomic E-state index is 11.7. The molecule has 0 bridgehead atoms. The van der Waals surface area contributed by atoms with Gasteiger partial charge in [0.15, 0.2) is 0 Å². The number of nitrogens with zero attached hydrogens (tertiary/aromatic N) is 2. The van der Waals surface area contributed by atoms with Crippen LogP contribution < -0.4 is 5.32 Å². The van der Waals surface area contributed by atoms with Crippen LogP contribution in [0.1, 0.15) is 32.0 Å². The van der Waals surface area contributed by atoms with E-state index in [9.17, 15) is 4.79 Å². The smallest absolute Gasteiger partial charge is 0.233 e. The third-order valence-electron chi connectivity index (χ3n) is 2.58. The van der Waals surface area contributed by atoms with Crippen LogP contribution in [0.25, 0.3) is 0 Å². The summed E-state index contributed by atoms with van der Waals surface area (Å²) in [5, 5.41) is 10.5. The average molecular weight is 240 g/mol. The molecule has 1 aliphatic rings. The van der Waals surface area contributed by atoms with E-state index in [-0.39, 0.29) is 11.2 Å². The largest absolute Gasteiger partial charge is 0.355 e. The highest BCUT2D eigenvalue weighted by Crippen LogP contribution is 2.25. The molecule has 0 aliphatic carbocycles. The molecule has 0 saturated carbocycles. The summed E-state index contributed by atoms with van der Waals surface area (Å²) in [5.74, 6) is 0.988. The Morgan fingerprint density at radius 1 is 1.50 bits per heavy atom. The zero-order valence-corrected chi connectivity index (χ0v) is 10.1. The molecular formula is C10H16N4OS. The molecule has 16 heavy (non-hydrogen) atoms. The van der Waals surface area contributed by atoms with Crippen LogP contribution in [0.5, 0.6) is 0 Å². The lowest BCUT2D eigenvalue weighted by Crippen LogP contribution is -2.30. The van der Waals surface area contributed by atoms with Crippen LogP contribution >= 0.6 is 11.8 Å². The van der Waals surface area contributed by atoms with Crippen molar-refractivity contribution in [2.45, 2.75) is 43.0 Å². The number of aryl methyl sites for hydroxylation is 1. The maximum Gasteiger partial charge on any atom is 0.233 e. The van der Waals surface area contributed by atoms with Gasteiger partial charge < -0.3 is 5.32 Å². The Hall–Kier alpha value is -1.04. The fraction of sp³-hybridized carbons (Fsp3) is 0.700. The molecule has 1 unspecified atom stereocenters. The molecule has 0 aromatic carbocycles. The Labute approximate surface area is 98.8 Å². The van der Waals surface area contributed by atoms with Gasteiger partial charge in [-0.3, -0.25) is 9.89 Å². The van der Waals surface area contributed by atoms with E-state index in [1.54, 1.807) is 0 Å². The highest BCUT2D eigenvalue weighted by Gasteiger charge is 2.23. The molecular weight excluding hydrogens is 224 g/mol. The maximum atomic E-state index is 11.7. The molecule has 1 saturated heterocycles. The number of hydrogen-bond acceptors (Lipinski definition) is 4. The molecule has 2 heterocycles. The van der Waals surface area contributed by atoms with Crippen molar-refractivity contribution in [2.75, 3.05) is 6.54 Å². The van der Waals surface area contributed by atoms with E-state index in [2.05, 4.69) is 20.5 Å². The fourth-order valence-electron chi connectivity index (χ4n) is 1.64. The standard InChI is InChI=1S/C10H16N4OS/c1-2-8-12-10(14-13-8)16-7-5-3-4-6-11-9(7)15/h7H,2-6H2,1H3,(H,11,15)(H,12,13,14). The molecule has 88 valence electrons. The quantitative estimate of drug-likeness (QED) is 0.831. The van der Waals surface area contributed by atoms with E-state index >= 15 is 0 Å². The highest BCUT2D eigenvalue weighted by atomic mass is 32.2. The molecule has 1 aliphatic heterocycles. The molecule has 1 aromatic heterocycles. The molecule has 1 fully saturated rings. The fourth-order valence-corrected chi connectivity index (χ4v) is 2.63. The van der Waals surface area contributed by atoms with Gasteiger partial charge in [-0.1, -0.05) is 25.1 Å². The zero-order valence-electron chi connectivity index (χ0n) is 9.32. The second kappa shape index (κ2) is 5.34.